The van der Waals surface area contributed by atoms with Crippen molar-refractivity contribution in [1.82, 2.24) is 5.32 Å². The molecule has 0 aromatic carbocycles. The van der Waals surface area contributed by atoms with E-state index in [-0.39, 0.29) is 35.0 Å². The molecule has 7 unspecified atom stereocenters. The van der Waals surface area contributed by atoms with E-state index in [1.165, 1.54) is 0 Å². The first-order valence-electron chi connectivity index (χ1n) is 10.8. The third-order valence-electron chi connectivity index (χ3n) is 7.87. The van der Waals surface area contributed by atoms with Crippen molar-refractivity contribution in [3.05, 3.63) is 24.2 Å². The summed E-state index contributed by atoms with van der Waals surface area (Å²) >= 11 is 0. The van der Waals surface area contributed by atoms with Crippen LogP contribution in [0.3, 0.4) is 0 Å². The molecule has 1 amide bonds. The molecule has 1 aromatic heterocycles. The summed E-state index contributed by atoms with van der Waals surface area (Å²) in [7, 11) is 0. The second kappa shape index (κ2) is 8.02. The van der Waals surface area contributed by atoms with Crippen LogP contribution in [-0.4, -0.2) is 42.7 Å². The second-order valence-electron chi connectivity index (χ2n) is 9.52. The first-order chi connectivity index (χ1) is 13.9. The number of ether oxygens (including phenoxy) is 2. The summed E-state index contributed by atoms with van der Waals surface area (Å²) in [5.41, 5.74) is 5.50. The van der Waals surface area contributed by atoms with Crippen LogP contribution >= 0.6 is 0 Å². The molecule has 1 aliphatic heterocycles. The Kier molecular flexibility index (Phi) is 5.77. The standard InChI is InChI=1S/C22H34N2O5/c1-21-8-7-18-22(2,13-28-20(11-23)29-18)17(21)6-5-16(25)15(21)10-19(26)24-12-14-4-3-9-27-14/h3-4,9,15-18,20,25H,5-8,10-13,23H2,1-2H3,(H,24,26). The number of hydrogen-bond donors (Lipinski definition) is 3. The molecular weight excluding hydrogens is 372 g/mol. The van der Waals surface area contributed by atoms with E-state index in [0.29, 0.717) is 38.5 Å². The highest BCUT2D eigenvalue weighted by atomic mass is 16.7. The maximum absolute atomic E-state index is 12.7. The second-order valence-corrected chi connectivity index (χ2v) is 9.52. The number of amides is 1. The van der Waals surface area contributed by atoms with Gasteiger partial charge in [0.2, 0.25) is 5.91 Å². The average Bonchev–Trinajstić information content (AvgIpc) is 3.22. The van der Waals surface area contributed by atoms with Gasteiger partial charge in [0.15, 0.2) is 6.29 Å². The summed E-state index contributed by atoms with van der Waals surface area (Å²) < 4.78 is 17.4. The zero-order valence-electron chi connectivity index (χ0n) is 17.4. The lowest BCUT2D eigenvalue weighted by Crippen LogP contribution is -2.63. The van der Waals surface area contributed by atoms with Gasteiger partial charge in [0.05, 0.1) is 31.6 Å². The van der Waals surface area contributed by atoms with E-state index in [4.69, 9.17) is 19.6 Å². The Morgan fingerprint density at radius 3 is 2.86 bits per heavy atom. The highest BCUT2D eigenvalue weighted by molar-refractivity contribution is 5.76. The fourth-order valence-corrected chi connectivity index (χ4v) is 6.28. The summed E-state index contributed by atoms with van der Waals surface area (Å²) in [6.45, 7) is 5.86. The van der Waals surface area contributed by atoms with Crippen LogP contribution in [0.2, 0.25) is 0 Å². The highest BCUT2D eigenvalue weighted by Crippen LogP contribution is 2.62. The zero-order chi connectivity index (χ0) is 20.6. The van der Waals surface area contributed by atoms with E-state index in [1.807, 2.05) is 6.07 Å². The van der Waals surface area contributed by atoms with Gasteiger partial charge in [0, 0.05) is 18.4 Å². The first kappa shape index (κ1) is 20.8. The van der Waals surface area contributed by atoms with Crippen molar-refractivity contribution in [2.45, 2.75) is 71.0 Å². The van der Waals surface area contributed by atoms with Crippen molar-refractivity contribution in [2.24, 2.45) is 28.4 Å². The lowest BCUT2D eigenvalue weighted by Gasteiger charge is -2.62. The van der Waals surface area contributed by atoms with E-state index in [1.54, 1.807) is 12.3 Å². The van der Waals surface area contributed by atoms with Crippen LogP contribution in [0, 0.1) is 22.7 Å². The summed E-state index contributed by atoms with van der Waals surface area (Å²) in [4.78, 5) is 12.7. The molecule has 1 aromatic rings. The lowest BCUT2D eigenvalue weighted by atomic mass is 9.46. The number of hydrogen-bond acceptors (Lipinski definition) is 6. The number of carbonyl (C=O) groups excluding carboxylic acids is 1. The predicted molar refractivity (Wildman–Crippen MR) is 107 cm³/mol. The van der Waals surface area contributed by atoms with Gasteiger partial charge in [-0.25, -0.2) is 0 Å². The molecule has 0 radical (unpaired) electrons. The van der Waals surface area contributed by atoms with Crippen molar-refractivity contribution >= 4 is 5.91 Å². The molecule has 4 N–H and O–H groups in total. The Morgan fingerprint density at radius 2 is 2.14 bits per heavy atom. The monoisotopic (exact) mass is 406 g/mol. The van der Waals surface area contributed by atoms with Gasteiger partial charge in [-0.15, -0.1) is 0 Å². The molecule has 4 rings (SSSR count). The summed E-state index contributed by atoms with van der Waals surface area (Å²) in [5.74, 6) is 0.936. The molecular formula is C22H34N2O5. The molecule has 162 valence electrons. The van der Waals surface area contributed by atoms with Gasteiger partial charge in [-0.2, -0.15) is 0 Å². The van der Waals surface area contributed by atoms with Crippen LogP contribution in [-0.2, 0) is 20.8 Å². The maximum atomic E-state index is 12.7. The van der Waals surface area contributed by atoms with Crippen molar-refractivity contribution in [1.29, 1.82) is 0 Å². The number of nitrogens with two attached hydrogens (primary N) is 1. The largest absolute Gasteiger partial charge is 0.467 e. The van der Waals surface area contributed by atoms with Crippen LogP contribution in [0.25, 0.3) is 0 Å². The van der Waals surface area contributed by atoms with Crippen molar-refractivity contribution in [3.8, 4) is 0 Å². The topological polar surface area (TPSA) is 107 Å². The van der Waals surface area contributed by atoms with Crippen LogP contribution in [0.1, 0.15) is 51.7 Å². The Morgan fingerprint density at radius 1 is 1.31 bits per heavy atom. The molecule has 7 heteroatoms. The van der Waals surface area contributed by atoms with Gasteiger partial charge in [-0.1, -0.05) is 13.8 Å². The fourth-order valence-electron chi connectivity index (χ4n) is 6.28. The van der Waals surface area contributed by atoms with Crippen molar-refractivity contribution in [2.75, 3.05) is 13.2 Å². The SMILES string of the molecule is CC12COC(CN)OC1CCC1(C)C(CC(=O)NCc3ccco3)C(O)CCC21. The molecule has 7 nitrogen and oxygen atoms in total. The number of aliphatic hydroxyl groups excluding tert-OH is 1. The van der Waals surface area contributed by atoms with Gasteiger partial charge in [-0.3, -0.25) is 4.79 Å². The minimum atomic E-state index is -0.465. The summed E-state index contributed by atoms with van der Waals surface area (Å²) in [6.07, 6.45) is 4.72. The van der Waals surface area contributed by atoms with Crippen molar-refractivity contribution in [3.63, 3.8) is 0 Å². The van der Waals surface area contributed by atoms with E-state index in [0.717, 1.165) is 25.0 Å². The minimum absolute atomic E-state index is 0.0426. The fraction of sp³-hybridized carbons (Fsp3) is 0.773. The molecule has 2 aliphatic carbocycles. The molecule has 0 bridgehead atoms. The molecule has 29 heavy (non-hydrogen) atoms. The minimum Gasteiger partial charge on any atom is -0.467 e. The molecule has 3 fully saturated rings. The van der Waals surface area contributed by atoms with Crippen LogP contribution < -0.4 is 11.1 Å². The number of nitrogens with one attached hydrogen (secondary N) is 1. The number of fused-ring (bicyclic) bond motifs is 3. The Labute approximate surface area is 172 Å². The normalized spacial score (nSPS) is 42.0. The van der Waals surface area contributed by atoms with Gasteiger partial charge < -0.3 is 30.0 Å². The van der Waals surface area contributed by atoms with E-state index in [2.05, 4.69) is 19.2 Å². The van der Waals surface area contributed by atoms with Gasteiger partial charge >= 0.3 is 0 Å². The Balaban J connectivity index is 1.48. The summed E-state index contributed by atoms with van der Waals surface area (Å²) in [5, 5.41) is 13.8. The van der Waals surface area contributed by atoms with E-state index >= 15 is 0 Å². The molecule has 0 spiro atoms. The molecule has 2 saturated carbocycles. The van der Waals surface area contributed by atoms with Crippen molar-refractivity contribution < 1.29 is 23.8 Å². The highest BCUT2D eigenvalue weighted by Gasteiger charge is 2.61. The molecule has 3 aliphatic rings. The zero-order valence-corrected chi connectivity index (χ0v) is 17.4. The average molecular weight is 407 g/mol. The molecule has 7 atom stereocenters. The van der Waals surface area contributed by atoms with Gasteiger partial charge in [0.1, 0.15) is 5.76 Å². The summed E-state index contributed by atoms with van der Waals surface area (Å²) in [6, 6.07) is 3.65. The third kappa shape index (κ3) is 3.74. The Hall–Kier alpha value is -1.41. The van der Waals surface area contributed by atoms with Gasteiger partial charge in [0.25, 0.3) is 0 Å². The predicted octanol–water partition coefficient (Wildman–Crippen LogP) is 2.18. The third-order valence-corrected chi connectivity index (χ3v) is 7.87. The van der Waals surface area contributed by atoms with Gasteiger partial charge in [-0.05, 0) is 55.1 Å². The number of aliphatic hydroxyl groups is 1. The Bertz CT molecular complexity index is 710. The van der Waals surface area contributed by atoms with E-state index in [9.17, 15) is 9.90 Å². The van der Waals surface area contributed by atoms with Crippen LogP contribution in [0.5, 0.6) is 0 Å². The molecule has 1 saturated heterocycles. The molecule has 2 heterocycles. The smallest absolute Gasteiger partial charge is 0.220 e. The number of carbonyl (C=O) groups is 1. The van der Waals surface area contributed by atoms with Crippen LogP contribution in [0.4, 0.5) is 0 Å². The first-order valence-corrected chi connectivity index (χ1v) is 10.8. The number of furan rings is 1. The van der Waals surface area contributed by atoms with Crippen LogP contribution in [0.15, 0.2) is 22.8 Å². The number of rotatable bonds is 5. The maximum Gasteiger partial charge on any atom is 0.220 e. The lowest BCUT2D eigenvalue weighted by molar-refractivity contribution is -0.305. The quantitative estimate of drug-likeness (QED) is 0.692. The van der Waals surface area contributed by atoms with E-state index < -0.39 is 6.10 Å².